The standard InChI is InChI=1S/C23H29N3O3S3/c27-22(24-20-7-4-6-18(16-20)23-30-14-5-15-31-23)17-32(28,29)25-19-8-10-21(11-9-19)26-12-2-1-3-13-26/h4,6-11,16,23,25H,1-3,5,12-15,17H2,(H,24,27). The van der Waals surface area contributed by atoms with Gasteiger partial charge in [0, 0.05) is 30.2 Å². The SMILES string of the molecule is O=C(CS(=O)(=O)Nc1ccc(N2CCCCC2)cc1)Nc1cccc(C2SCCCS2)c1. The van der Waals surface area contributed by atoms with Gasteiger partial charge < -0.3 is 10.2 Å². The van der Waals surface area contributed by atoms with Crippen molar-refractivity contribution in [1.82, 2.24) is 0 Å². The van der Waals surface area contributed by atoms with Crippen molar-refractivity contribution in [1.29, 1.82) is 0 Å². The second kappa shape index (κ2) is 10.9. The van der Waals surface area contributed by atoms with Crippen LogP contribution in [-0.2, 0) is 14.8 Å². The van der Waals surface area contributed by atoms with Gasteiger partial charge in [0.1, 0.15) is 5.75 Å². The lowest BCUT2D eigenvalue weighted by Gasteiger charge is -2.28. The van der Waals surface area contributed by atoms with Crippen molar-refractivity contribution in [3.63, 3.8) is 0 Å². The quantitative estimate of drug-likeness (QED) is 0.572. The summed E-state index contributed by atoms with van der Waals surface area (Å²) < 4.78 is 27.9. The fourth-order valence-electron chi connectivity index (χ4n) is 3.92. The molecule has 2 aliphatic heterocycles. The van der Waals surface area contributed by atoms with E-state index < -0.39 is 21.7 Å². The largest absolute Gasteiger partial charge is 0.372 e. The zero-order valence-electron chi connectivity index (χ0n) is 18.0. The van der Waals surface area contributed by atoms with Crippen LogP contribution in [0.3, 0.4) is 0 Å². The van der Waals surface area contributed by atoms with Crippen LogP contribution in [0.25, 0.3) is 0 Å². The summed E-state index contributed by atoms with van der Waals surface area (Å²) in [5.41, 5.74) is 3.33. The molecule has 0 atom stereocenters. The number of thioether (sulfide) groups is 2. The maximum absolute atomic E-state index is 12.5. The molecule has 6 nitrogen and oxygen atoms in total. The Balaban J connectivity index is 1.32. The molecule has 0 bridgehead atoms. The van der Waals surface area contributed by atoms with Gasteiger partial charge in [-0.1, -0.05) is 12.1 Å². The Bertz CT molecular complexity index is 1020. The third-order valence-corrected chi connectivity index (χ3v) is 9.66. The van der Waals surface area contributed by atoms with E-state index in [9.17, 15) is 13.2 Å². The van der Waals surface area contributed by atoms with E-state index in [0.717, 1.165) is 35.8 Å². The smallest absolute Gasteiger partial charge is 0.241 e. The van der Waals surface area contributed by atoms with Crippen molar-refractivity contribution in [2.45, 2.75) is 30.3 Å². The molecule has 4 rings (SSSR count). The van der Waals surface area contributed by atoms with Gasteiger partial charge in [-0.25, -0.2) is 8.42 Å². The summed E-state index contributed by atoms with van der Waals surface area (Å²) in [5.74, 6) is 1.09. The highest BCUT2D eigenvalue weighted by molar-refractivity contribution is 8.16. The molecule has 172 valence electrons. The van der Waals surface area contributed by atoms with Crippen molar-refractivity contribution < 1.29 is 13.2 Å². The van der Waals surface area contributed by atoms with Gasteiger partial charge in [0.2, 0.25) is 15.9 Å². The first kappa shape index (κ1) is 23.3. The van der Waals surface area contributed by atoms with Crippen LogP contribution in [-0.4, -0.2) is 44.7 Å². The molecule has 0 unspecified atom stereocenters. The van der Waals surface area contributed by atoms with Gasteiger partial charge in [0.15, 0.2) is 0 Å². The first-order chi connectivity index (χ1) is 15.5. The van der Waals surface area contributed by atoms with Crippen LogP contribution in [0.15, 0.2) is 48.5 Å². The second-order valence-electron chi connectivity index (χ2n) is 8.06. The molecule has 0 aliphatic carbocycles. The van der Waals surface area contributed by atoms with Gasteiger partial charge in [-0.2, -0.15) is 0 Å². The lowest BCUT2D eigenvalue weighted by atomic mass is 10.1. The molecule has 2 N–H and O–H groups in total. The van der Waals surface area contributed by atoms with Crippen molar-refractivity contribution in [2.24, 2.45) is 0 Å². The highest BCUT2D eigenvalue weighted by Gasteiger charge is 2.19. The molecule has 2 aromatic carbocycles. The van der Waals surface area contributed by atoms with Crippen LogP contribution in [0.4, 0.5) is 17.1 Å². The van der Waals surface area contributed by atoms with Crippen LogP contribution in [0.1, 0.15) is 35.8 Å². The average Bonchev–Trinajstić information content (AvgIpc) is 2.80. The molecule has 2 saturated heterocycles. The molecule has 2 fully saturated rings. The van der Waals surface area contributed by atoms with Gasteiger partial charge in [-0.05, 0) is 79.2 Å². The predicted molar refractivity (Wildman–Crippen MR) is 137 cm³/mol. The molecule has 0 spiro atoms. The normalized spacial score (nSPS) is 17.7. The van der Waals surface area contributed by atoms with E-state index in [1.165, 1.54) is 25.7 Å². The van der Waals surface area contributed by atoms with Crippen molar-refractivity contribution in [3.8, 4) is 0 Å². The fourth-order valence-corrected chi connectivity index (χ4v) is 7.78. The lowest BCUT2D eigenvalue weighted by Crippen LogP contribution is -2.29. The molecule has 2 heterocycles. The molecule has 9 heteroatoms. The Morgan fingerprint density at radius 3 is 2.38 bits per heavy atom. The summed E-state index contributed by atoms with van der Waals surface area (Å²) in [4.78, 5) is 14.7. The summed E-state index contributed by atoms with van der Waals surface area (Å²) in [6.07, 6.45) is 4.85. The number of hydrogen-bond acceptors (Lipinski definition) is 6. The van der Waals surface area contributed by atoms with Gasteiger partial charge >= 0.3 is 0 Å². The molecular weight excluding hydrogens is 462 g/mol. The summed E-state index contributed by atoms with van der Waals surface area (Å²) in [6.45, 7) is 2.06. The first-order valence-corrected chi connectivity index (χ1v) is 14.7. The van der Waals surface area contributed by atoms with E-state index in [0.29, 0.717) is 16.0 Å². The number of rotatable bonds is 7. The number of anilines is 3. The van der Waals surface area contributed by atoms with Crippen molar-refractivity contribution >= 4 is 56.5 Å². The molecular formula is C23H29N3O3S3. The Kier molecular flexibility index (Phi) is 7.91. The molecule has 32 heavy (non-hydrogen) atoms. The third-order valence-electron chi connectivity index (χ3n) is 5.45. The summed E-state index contributed by atoms with van der Waals surface area (Å²) >= 11 is 3.81. The van der Waals surface area contributed by atoms with Crippen LogP contribution in [0.2, 0.25) is 0 Å². The third kappa shape index (κ3) is 6.59. The number of carbonyl (C=O) groups excluding carboxylic acids is 1. The summed E-state index contributed by atoms with van der Waals surface area (Å²) in [7, 11) is -3.81. The number of sulfonamides is 1. The number of benzene rings is 2. The lowest BCUT2D eigenvalue weighted by molar-refractivity contribution is -0.113. The van der Waals surface area contributed by atoms with Gasteiger partial charge in [0.05, 0.1) is 4.58 Å². The Hall–Kier alpha value is -1.84. The van der Waals surface area contributed by atoms with Crippen molar-refractivity contribution in [2.75, 3.05) is 45.3 Å². The number of nitrogens with zero attached hydrogens (tertiary/aromatic N) is 1. The molecule has 0 radical (unpaired) electrons. The fraction of sp³-hybridized carbons (Fsp3) is 0.435. The maximum Gasteiger partial charge on any atom is 0.241 e. The number of amides is 1. The highest BCUT2D eigenvalue weighted by Crippen LogP contribution is 2.44. The Morgan fingerprint density at radius 1 is 0.938 bits per heavy atom. The van der Waals surface area contributed by atoms with Crippen LogP contribution in [0, 0.1) is 0 Å². The minimum absolute atomic E-state index is 0.360. The number of nitrogens with one attached hydrogen (secondary N) is 2. The number of hydrogen-bond donors (Lipinski definition) is 2. The van der Waals surface area contributed by atoms with E-state index >= 15 is 0 Å². The monoisotopic (exact) mass is 491 g/mol. The zero-order chi connectivity index (χ0) is 22.4. The van der Waals surface area contributed by atoms with E-state index in [-0.39, 0.29) is 0 Å². The molecule has 0 saturated carbocycles. The van der Waals surface area contributed by atoms with E-state index in [2.05, 4.69) is 21.0 Å². The Labute approximate surface area is 199 Å². The predicted octanol–water partition coefficient (Wildman–Crippen LogP) is 4.93. The topological polar surface area (TPSA) is 78.5 Å². The van der Waals surface area contributed by atoms with Crippen LogP contribution in [0.5, 0.6) is 0 Å². The van der Waals surface area contributed by atoms with E-state index in [1.54, 1.807) is 18.2 Å². The first-order valence-electron chi connectivity index (χ1n) is 11.0. The Morgan fingerprint density at radius 2 is 1.66 bits per heavy atom. The van der Waals surface area contributed by atoms with E-state index in [1.807, 2.05) is 47.8 Å². The summed E-state index contributed by atoms with van der Waals surface area (Å²) in [6, 6.07) is 15.0. The van der Waals surface area contributed by atoms with E-state index in [4.69, 9.17) is 0 Å². The van der Waals surface area contributed by atoms with Crippen LogP contribution >= 0.6 is 23.5 Å². The average molecular weight is 492 g/mol. The summed E-state index contributed by atoms with van der Waals surface area (Å²) in [5, 5.41) is 2.73. The number of piperidine rings is 1. The minimum atomic E-state index is -3.81. The molecule has 1 amide bonds. The highest BCUT2D eigenvalue weighted by atomic mass is 32.2. The van der Waals surface area contributed by atoms with Crippen molar-refractivity contribution in [3.05, 3.63) is 54.1 Å². The molecule has 2 aliphatic rings. The second-order valence-corrected chi connectivity index (χ2v) is 12.5. The zero-order valence-corrected chi connectivity index (χ0v) is 20.4. The van der Waals surface area contributed by atoms with Crippen LogP contribution < -0.4 is 14.9 Å². The van der Waals surface area contributed by atoms with Gasteiger partial charge in [0.25, 0.3) is 0 Å². The maximum atomic E-state index is 12.5. The minimum Gasteiger partial charge on any atom is -0.372 e. The van der Waals surface area contributed by atoms with Gasteiger partial charge in [-0.3, -0.25) is 9.52 Å². The number of carbonyl (C=O) groups is 1. The van der Waals surface area contributed by atoms with Gasteiger partial charge in [-0.15, -0.1) is 23.5 Å². The molecule has 0 aromatic heterocycles. The molecule has 2 aromatic rings.